The molecule has 1 aliphatic heterocycles. The highest BCUT2D eigenvalue weighted by molar-refractivity contribution is 5.85. The van der Waals surface area contributed by atoms with E-state index in [1.165, 1.54) is 0 Å². The number of carbonyl (C=O) groups is 1. The van der Waals surface area contributed by atoms with Crippen molar-refractivity contribution in [2.24, 2.45) is 5.73 Å². The van der Waals surface area contributed by atoms with Crippen LogP contribution in [0.2, 0.25) is 0 Å². The minimum absolute atomic E-state index is 0. The number of amides is 1. The van der Waals surface area contributed by atoms with Gasteiger partial charge in [0, 0.05) is 32.1 Å². The van der Waals surface area contributed by atoms with Gasteiger partial charge in [-0.1, -0.05) is 12.1 Å². The molecule has 1 fully saturated rings. The highest BCUT2D eigenvalue weighted by atomic mass is 35.5. The number of likely N-dealkylation sites (tertiary alicyclic amines) is 1. The van der Waals surface area contributed by atoms with Crippen molar-refractivity contribution >= 4 is 18.3 Å². The predicted octanol–water partition coefficient (Wildman–Crippen LogP) is 2.19. The van der Waals surface area contributed by atoms with E-state index in [1.807, 2.05) is 41.4 Å². The Morgan fingerprint density at radius 1 is 1.23 bits per heavy atom. The van der Waals surface area contributed by atoms with Gasteiger partial charge >= 0.3 is 0 Å². The highest BCUT2D eigenvalue weighted by Crippen LogP contribution is 2.16. The van der Waals surface area contributed by atoms with Crippen LogP contribution in [0.3, 0.4) is 0 Å². The van der Waals surface area contributed by atoms with Crippen LogP contribution in [0, 0.1) is 0 Å². The fourth-order valence-corrected chi connectivity index (χ4v) is 3.08. The van der Waals surface area contributed by atoms with Crippen molar-refractivity contribution < 1.29 is 9.53 Å². The molecule has 142 valence electrons. The number of rotatable bonds is 7. The molecule has 1 aromatic carbocycles. The smallest absolute Gasteiger partial charge is 0.226 e. The van der Waals surface area contributed by atoms with Gasteiger partial charge in [0.05, 0.1) is 18.2 Å². The maximum Gasteiger partial charge on any atom is 0.226 e. The summed E-state index contributed by atoms with van der Waals surface area (Å²) in [5.41, 5.74) is 7.51. The molecule has 1 aliphatic rings. The number of halogens is 1. The summed E-state index contributed by atoms with van der Waals surface area (Å²) in [4.78, 5) is 14.4. The van der Waals surface area contributed by atoms with E-state index in [0.717, 1.165) is 50.2 Å². The topological polar surface area (TPSA) is 73.4 Å². The molecule has 1 aromatic heterocycles. The number of hydrogen-bond donors (Lipinski definition) is 1. The van der Waals surface area contributed by atoms with E-state index in [0.29, 0.717) is 13.0 Å². The Labute approximate surface area is 160 Å². The van der Waals surface area contributed by atoms with E-state index in [4.69, 9.17) is 10.5 Å². The summed E-state index contributed by atoms with van der Waals surface area (Å²) in [6, 6.07) is 9.87. The summed E-state index contributed by atoms with van der Waals surface area (Å²) in [6.45, 7) is 2.93. The number of benzene rings is 1. The number of nitrogens with two attached hydrogens (primary N) is 1. The van der Waals surface area contributed by atoms with E-state index in [-0.39, 0.29) is 24.4 Å². The standard InChI is InChI=1S/C19H26N4O2.ClH/c20-9-1-14-25-18-7-12-22(13-8-18)19(24)15-16-3-5-17(6-4-16)23-11-2-10-21-23;/h2-6,10-11,18H,1,7-9,12-15,20H2;1H. The van der Waals surface area contributed by atoms with Gasteiger partial charge in [0.15, 0.2) is 0 Å². The van der Waals surface area contributed by atoms with Crippen LogP contribution < -0.4 is 5.73 Å². The van der Waals surface area contributed by atoms with Crippen molar-refractivity contribution in [3.63, 3.8) is 0 Å². The molecule has 6 nitrogen and oxygen atoms in total. The second-order valence-corrected chi connectivity index (χ2v) is 6.39. The van der Waals surface area contributed by atoms with Gasteiger partial charge in [0.25, 0.3) is 0 Å². The van der Waals surface area contributed by atoms with Crippen LogP contribution in [0.25, 0.3) is 5.69 Å². The van der Waals surface area contributed by atoms with Crippen molar-refractivity contribution in [3.8, 4) is 5.69 Å². The largest absolute Gasteiger partial charge is 0.378 e. The Kier molecular flexibility index (Phi) is 8.09. The first-order valence-electron chi connectivity index (χ1n) is 8.94. The van der Waals surface area contributed by atoms with Gasteiger partial charge in [0.2, 0.25) is 5.91 Å². The van der Waals surface area contributed by atoms with Gasteiger partial charge in [0.1, 0.15) is 0 Å². The molecule has 1 saturated heterocycles. The summed E-state index contributed by atoms with van der Waals surface area (Å²) >= 11 is 0. The Balaban J connectivity index is 0.00000243. The average molecular weight is 379 g/mol. The Hall–Kier alpha value is -1.89. The van der Waals surface area contributed by atoms with Gasteiger partial charge in [-0.3, -0.25) is 4.79 Å². The Bertz CT molecular complexity index is 653. The lowest BCUT2D eigenvalue weighted by atomic mass is 10.1. The summed E-state index contributed by atoms with van der Waals surface area (Å²) in [7, 11) is 0. The highest BCUT2D eigenvalue weighted by Gasteiger charge is 2.23. The van der Waals surface area contributed by atoms with Gasteiger partial charge in [-0.15, -0.1) is 12.4 Å². The third-order valence-electron chi connectivity index (χ3n) is 4.56. The molecule has 0 saturated carbocycles. The van der Waals surface area contributed by atoms with Crippen LogP contribution >= 0.6 is 12.4 Å². The van der Waals surface area contributed by atoms with Crippen molar-refractivity contribution in [1.29, 1.82) is 0 Å². The van der Waals surface area contributed by atoms with E-state index >= 15 is 0 Å². The summed E-state index contributed by atoms with van der Waals surface area (Å²) < 4.78 is 7.60. The number of hydrogen-bond acceptors (Lipinski definition) is 4. The zero-order valence-corrected chi connectivity index (χ0v) is 15.7. The molecule has 0 atom stereocenters. The van der Waals surface area contributed by atoms with Gasteiger partial charge < -0.3 is 15.4 Å². The first-order chi connectivity index (χ1) is 12.3. The Morgan fingerprint density at radius 3 is 2.58 bits per heavy atom. The van der Waals surface area contributed by atoms with E-state index in [1.54, 1.807) is 10.9 Å². The van der Waals surface area contributed by atoms with Gasteiger partial charge in [-0.05, 0) is 49.6 Å². The van der Waals surface area contributed by atoms with Crippen LogP contribution in [0.5, 0.6) is 0 Å². The predicted molar refractivity (Wildman–Crippen MR) is 104 cm³/mol. The van der Waals surface area contributed by atoms with Crippen LogP contribution in [0.1, 0.15) is 24.8 Å². The normalized spacial score (nSPS) is 14.9. The van der Waals surface area contributed by atoms with Crippen molar-refractivity contribution in [3.05, 3.63) is 48.3 Å². The third kappa shape index (κ3) is 5.56. The van der Waals surface area contributed by atoms with E-state index in [2.05, 4.69) is 5.10 Å². The maximum atomic E-state index is 12.5. The molecular weight excluding hydrogens is 352 g/mol. The molecule has 0 radical (unpaired) electrons. The molecule has 1 amide bonds. The van der Waals surface area contributed by atoms with Crippen LogP contribution in [0.4, 0.5) is 0 Å². The molecule has 26 heavy (non-hydrogen) atoms. The van der Waals surface area contributed by atoms with Crippen LogP contribution in [0.15, 0.2) is 42.7 Å². The first kappa shape index (κ1) is 20.4. The minimum Gasteiger partial charge on any atom is -0.378 e. The summed E-state index contributed by atoms with van der Waals surface area (Å²) in [5.74, 6) is 0.187. The van der Waals surface area contributed by atoms with E-state index < -0.39 is 0 Å². The van der Waals surface area contributed by atoms with Crippen molar-refractivity contribution in [2.45, 2.75) is 31.8 Å². The zero-order valence-electron chi connectivity index (χ0n) is 14.9. The SMILES string of the molecule is Cl.NCCCOC1CCN(C(=O)Cc2ccc(-n3cccn3)cc2)CC1. The third-order valence-corrected chi connectivity index (χ3v) is 4.56. The fraction of sp³-hybridized carbons (Fsp3) is 0.474. The molecule has 3 rings (SSSR count). The van der Waals surface area contributed by atoms with E-state index in [9.17, 15) is 4.79 Å². The number of carbonyl (C=O) groups excluding carboxylic acids is 1. The van der Waals surface area contributed by atoms with Crippen LogP contribution in [-0.2, 0) is 16.0 Å². The second-order valence-electron chi connectivity index (χ2n) is 6.39. The lowest BCUT2D eigenvalue weighted by molar-refractivity contribution is -0.133. The number of aromatic nitrogens is 2. The van der Waals surface area contributed by atoms with Gasteiger partial charge in [-0.2, -0.15) is 5.10 Å². The molecular formula is C19H27ClN4O2. The molecule has 2 aromatic rings. The monoisotopic (exact) mass is 378 g/mol. The fourth-order valence-electron chi connectivity index (χ4n) is 3.08. The first-order valence-corrected chi connectivity index (χ1v) is 8.94. The Morgan fingerprint density at radius 2 is 1.96 bits per heavy atom. The maximum absolute atomic E-state index is 12.5. The second kappa shape index (κ2) is 10.3. The molecule has 0 bridgehead atoms. The summed E-state index contributed by atoms with van der Waals surface area (Å²) in [5, 5.41) is 4.21. The average Bonchev–Trinajstić information content (AvgIpc) is 3.18. The molecule has 0 spiro atoms. The van der Waals surface area contributed by atoms with Gasteiger partial charge in [-0.25, -0.2) is 4.68 Å². The molecule has 7 heteroatoms. The number of ether oxygens (including phenoxy) is 1. The molecule has 2 heterocycles. The zero-order chi connectivity index (χ0) is 17.5. The molecule has 0 unspecified atom stereocenters. The van der Waals surface area contributed by atoms with Crippen LogP contribution in [-0.4, -0.2) is 52.9 Å². The molecule has 0 aliphatic carbocycles. The number of nitrogens with zero attached hydrogens (tertiary/aromatic N) is 3. The summed E-state index contributed by atoms with van der Waals surface area (Å²) in [6.07, 6.45) is 7.08. The van der Waals surface area contributed by atoms with Crippen molar-refractivity contribution in [2.75, 3.05) is 26.2 Å². The van der Waals surface area contributed by atoms with Crippen molar-refractivity contribution in [1.82, 2.24) is 14.7 Å². The molecule has 2 N–H and O–H groups in total. The quantitative estimate of drug-likeness (QED) is 0.749. The lowest BCUT2D eigenvalue weighted by Gasteiger charge is -2.32. The minimum atomic E-state index is 0. The number of piperidine rings is 1. The lowest BCUT2D eigenvalue weighted by Crippen LogP contribution is -2.41.